The van der Waals surface area contributed by atoms with E-state index in [4.69, 9.17) is 30.9 Å². The summed E-state index contributed by atoms with van der Waals surface area (Å²) < 4.78 is 15.9. The van der Waals surface area contributed by atoms with Gasteiger partial charge >= 0.3 is 23.9 Å². The van der Waals surface area contributed by atoms with Crippen molar-refractivity contribution in [2.75, 3.05) is 32.1 Å². The van der Waals surface area contributed by atoms with Crippen LogP contribution in [0.4, 0.5) is 11.4 Å². The van der Waals surface area contributed by atoms with E-state index in [2.05, 4.69) is 60.3 Å². The molecule has 0 atom stereocenters. The number of aliphatic carboxylic acids is 1. The molecular weight excluding hydrogens is 783 g/mol. The highest BCUT2D eigenvalue weighted by Gasteiger charge is 2.36. The number of anilines is 2. The number of aldehydes is 1. The third-order valence-corrected chi connectivity index (χ3v) is 9.38. The summed E-state index contributed by atoms with van der Waals surface area (Å²) in [5.74, 6) is -7.91. The number of halogens is 2. The summed E-state index contributed by atoms with van der Waals surface area (Å²) in [6.45, 7) is 3.94. The van der Waals surface area contributed by atoms with E-state index in [-0.39, 0.29) is 41.1 Å². The van der Waals surface area contributed by atoms with E-state index in [1.165, 1.54) is 36.3 Å². The number of para-hydroxylation sites is 1. The zero-order chi connectivity index (χ0) is 40.8. The van der Waals surface area contributed by atoms with Crippen molar-refractivity contribution in [2.24, 2.45) is 0 Å². The van der Waals surface area contributed by atoms with E-state index in [1.54, 1.807) is 0 Å². The molecule has 2 aliphatic rings. The number of carbonyl (C=O) groups excluding carboxylic acids is 3. The molecule has 57 heavy (non-hydrogen) atoms. The minimum Gasteiger partial charge on any atom is -0.507 e. The third kappa shape index (κ3) is 9.66. The van der Waals surface area contributed by atoms with Crippen molar-refractivity contribution in [1.29, 1.82) is 0 Å². The number of esters is 2. The van der Waals surface area contributed by atoms with Crippen LogP contribution in [0.3, 0.4) is 0 Å². The van der Waals surface area contributed by atoms with Crippen LogP contribution < -0.4 is 14.4 Å². The first-order chi connectivity index (χ1) is 26.6. The lowest BCUT2D eigenvalue weighted by molar-refractivity contribution is -0.139. The van der Waals surface area contributed by atoms with Crippen molar-refractivity contribution >= 4 is 65.5 Å². The molecule has 16 heteroatoms. The number of aromatic hydroxyl groups is 2. The normalized spacial score (nSPS) is 12.5. The molecule has 300 valence electrons. The molecule has 6 rings (SSSR count). The van der Waals surface area contributed by atoms with Crippen LogP contribution in [0, 0.1) is 13.8 Å². The number of hydrogen-bond donors (Lipinski definition) is 4. The van der Waals surface area contributed by atoms with E-state index >= 15 is 0 Å². The monoisotopic (exact) mass is 822 g/mol. The van der Waals surface area contributed by atoms with Crippen LogP contribution in [0.2, 0.25) is 5.02 Å². The number of carbonyl (C=O) groups is 5. The van der Waals surface area contributed by atoms with E-state index < -0.39 is 70.2 Å². The van der Waals surface area contributed by atoms with Gasteiger partial charge in [-0.25, -0.2) is 19.2 Å². The maximum atomic E-state index is 12.9. The fraction of sp³-hybridized carbons (Fsp3) is 0.244. The standard InChI is InChI=1S/C22H16O12.C19H23ClN2.ClH/c1-8-5-12(24)10(6-23)19-15(8)22(31)34-20-11(7-32-14(27)4-3-13(25)26)17(28)16(21(29)30)9(2)18(20)33-19;1-21(2)12-5-13-22-18-7-4-3-6-15(18)8-9-16-10-11-17(20)14-19(16)22;/h3-6,24,28H,7H2,1-2H3,(H,25,26)(H,29,30);3-4,6-7,10-11,14H,5,8-9,12-13H2,1-2H3;1H. The van der Waals surface area contributed by atoms with E-state index in [0.717, 1.165) is 43.4 Å². The van der Waals surface area contributed by atoms with Crippen LogP contribution >= 0.6 is 24.0 Å². The van der Waals surface area contributed by atoms with Gasteiger partial charge in [-0.15, -0.1) is 12.4 Å². The zero-order valence-corrected chi connectivity index (χ0v) is 32.9. The average Bonchev–Trinajstić information content (AvgIpc) is 3.38. The number of phenolic OH excluding ortho intramolecular Hbond substituents is 1. The van der Waals surface area contributed by atoms with Gasteiger partial charge in [-0.05, 0) is 94.7 Å². The first-order valence-electron chi connectivity index (χ1n) is 17.3. The Hall–Kier alpha value is -6.09. The lowest BCUT2D eigenvalue weighted by atomic mass is 10.0. The largest absolute Gasteiger partial charge is 0.507 e. The Morgan fingerprint density at radius 1 is 0.930 bits per heavy atom. The van der Waals surface area contributed by atoms with Gasteiger partial charge < -0.3 is 44.4 Å². The fourth-order valence-electron chi connectivity index (χ4n) is 6.49. The quantitative estimate of drug-likeness (QED) is 0.0542. The Kier molecular flexibility index (Phi) is 14.3. The SMILES string of the molecule is CN(C)CCCN1c2ccccc2CCc2ccc(Cl)cc21.Cc1cc(O)c(C=O)c2c1C(=O)Oc1c(COC(=O)C=CC(=O)O)c(O)c(C(=O)O)c(C)c1O2.Cl. The van der Waals surface area contributed by atoms with Crippen LogP contribution in [0.1, 0.15) is 65.3 Å². The third-order valence-electron chi connectivity index (χ3n) is 9.14. The maximum Gasteiger partial charge on any atom is 0.347 e. The van der Waals surface area contributed by atoms with Crippen LogP contribution in [0.5, 0.6) is 28.7 Å². The highest BCUT2D eigenvalue weighted by atomic mass is 35.5. The van der Waals surface area contributed by atoms with Gasteiger partial charge in [0.2, 0.25) is 0 Å². The van der Waals surface area contributed by atoms with Gasteiger partial charge in [0, 0.05) is 40.7 Å². The summed E-state index contributed by atoms with van der Waals surface area (Å²) in [4.78, 5) is 63.3. The summed E-state index contributed by atoms with van der Waals surface area (Å²) >= 11 is 6.27. The molecule has 2 aliphatic heterocycles. The first kappa shape index (κ1) is 43.6. The van der Waals surface area contributed by atoms with Crippen LogP contribution in [-0.2, 0) is 33.8 Å². The number of ether oxygens (including phenoxy) is 3. The first-order valence-corrected chi connectivity index (χ1v) is 17.7. The molecule has 4 N–H and O–H groups in total. The van der Waals surface area contributed by atoms with Gasteiger partial charge in [-0.2, -0.15) is 0 Å². The number of aryl methyl sites for hydroxylation is 3. The van der Waals surface area contributed by atoms with Crippen molar-refractivity contribution < 1.29 is 58.6 Å². The van der Waals surface area contributed by atoms with Gasteiger partial charge in [-0.3, -0.25) is 4.79 Å². The molecule has 0 amide bonds. The van der Waals surface area contributed by atoms with Gasteiger partial charge in [-0.1, -0.05) is 35.9 Å². The number of carboxylic acid groups (broad SMARTS) is 2. The molecule has 4 aromatic rings. The predicted molar refractivity (Wildman–Crippen MR) is 212 cm³/mol. The number of nitrogens with zero attached hydrogens (tertiary/aromatic N) is 2. The number of rotatable bonds is 10. The second-order valence-corrected chi connectivity index (χ2v) is 13.7. The fourth-order valence-corrected chi connectivity index (χ4v) is 6.66. The molecule has 0 fully saturated rings. The van der Waals surface area contributed by atoms with Gasteiger partial charge in [0.1, 0.15) is 29.2 Å². The van der Waals surface area contributed by atoms with Crippen molar-refractivity contribution in [1.82, 2.24) is 4.90 Å². The summed E-state index contributed by atoms with van der Waals surface area (Å²) in [7, 11) is 4.25. The van der Waals surface area contributed by atoms with E-state index in [1.807, 2.05) is 6.07 Å². The number of phenols is 2. The maximum absolute atomic E-state index is 12.9. The molecule has 0 bridgehead atoms. The second kappa shape index (κ2) is 18.7. The smallest absolute Gasteiger partial charge is 0.347 e. The van der Waals surface area contributed by atoms with Crippen LogP contribution in [-0.4, -0.2) is 82.7 Å². The molecular formula is C41H40Cl2N2O12. The van der Waals surface area contributed by atoms with Crippen molar-refractivity contribution in [3.63, 3.8) is 0 Å². The summed E-state index contributed by atoms with van der Waals surface area (Å²) in [5, 5.41) is 39.7. The number of hydrogen-bond acceptors (Lipinski definition) is 12. The summed E-state index contributed by atoms with van der Waals surface area (Å²) in [6, 6.07) is 16.2. The zero-order valence-electron chi connectivity index (χ0n) is 31.3. The molecule has 0 saturated heterocycles. The molecule has 0 aromatic heterocycles. The molecule has 0 radical (unpaired) electrons. The number of aromatic carboxylic acids is 1. The Balaban J connectivity index is 0.000000270. The Morgan fingerprint density at radius 2 is 1.61 bits per heavy atom. The highest BCUT2D eigenvalue weighted by Crippen LogP contribution is 2.50. The summed E-state index contributed by atoms with van der Waals surface area (Å²) in [6.07, 6.45) is 4.61. The van der Waals surface area contributed by atoms with Crippen molar-refractivity contribution in [2.45, 2.75) is 39.7 Å². The van der Waals surface area contributed by atoms with Crippen molar-refractivity contribution in [3.8, 4) is 28.7 Å². The highest BCUT2D eigenvalue weighted by molar-refractivity contribution is 6.31. The Bertz CT molecular complexity index is 2270. The Labute approximate surface area is 338 Å². The topological polar surface area (TPSA) is 200 Å². The number of carboxylic acids is 2. The van der Waals surface area contributed by atoms with E-state index in [0.29, 0.717) is 12.2 Å². The summed E-state index contributed by atoms with van der Waals surface area (Å²) in [5.41, 5.74) is 3.63. The number of fused-ring (bicyclic) bond motifs is 4. The van der Waals surface area contributed by atoms with Gasteiger partial charge in [0.15, 0.2) is 23.5 Å². The molecule has 4 aromatic carbocycles. The predicted octanol–water partition coefficient (Wildman–Crippen LogP) is 7.18. The molecule has 2 heterocycles. The van der Waals surface area contributed by atoms with Crippen LogP contribution in [0.15, 0.2) is 60.7 Å². The van der Waals surface area contributed by atoms with Gasteiger partial charge in [0.25, 0.3) is 0 Å². The minimum absolute atomic E-state index is 0. The number of benzene rings is 4. The second-order valence-electron chi connectivity index (χ2n) is 13.2. The van der Waals surface area contributed by atoms with Gasteiger partial charge in [0.05, 0.1) is 11.1 Å². The lowest BCUT2D eigenvalue weighted by Gasteiger charge is -2.27. The molecule has 0 spiro atoms. The van der Waals surface area contributed by atoms with Crippen molar-refractivity contribution in [3.05, 3.63) is 110 Å². The van der Waals surface area contributed by atoms with Crippen LogP contribution in [0.25, 0.3) is 0 Å². The lowest BCUT2D eigenvalue weighted by Crippen LogP contribution is -2.24. The van der Waals surface area contributed by atoms with E-state index in [9.17, 15) is 39.3 Å². The molecule has 0 saturated carbocycles. The molecule has 0 aliphatic carbocycles. The minimum atomic E-state index is -1.60. The molecule has 14 nitrogen and oxygen atoms in total. The average molecular weight is 824 g/mol. The Morgan fingerprint density at radius 3 is 2.26 bits per heavy atom. The molecule has 0 unspecified atom stereocenters.